The highest BCUT2D eigenvalue weighted by Crippen LogP contribution is 2.12. The summed E-state index contributed by atoms with van der Waals surface area (Å²) in [4.78, 5) is 2.23. The fourth-order valence-corrected chi connectivity index (χ4v) is 3.17. The lowest BCUT2D eigenvalue weighted by Crippen LogP contribution is -2.47. The number of aliphatic hydroxyl groups is 1. The summed E-state index contributed by atoms with van der Waals surface area (Å²) in [5, 5.41) is 14.8. The molecule has 25 heavy (non-hydrogen) atoms. The van der Waals surface area contributed by atoms with Crippen LogP contribution in [0.15, 0.2) is 36.4 Å². The zero-order valence-corrected chi connectivity index (χ0v) is 15.0. The first-order valence-corrected chi connectivity index (χ1v) is 8.81. The summed E-state index contributed by atoms with van der Waals surface area (Å²) in [6.07, 6.45) is -0.429. The van der Waals surface area contributed by atoms with Crippen molar-refractivity contribution in [2.24, 2.45) is 0 Å². The van der Waals surface area contributed by atoms with E-state index in [1.807, 2.05) is 41.9 Å². The number of aliphatic hydroxyl groups excluding tert-OH is 1. The van der Waals surface area contributed by atoms with Crippen LogP contribution in [0.25, 0.3) is 0 Å². The molecule has 136 valence electrons. The predicted molar refractivity (Wildman–Crippen MR) is 95.8 cm³/mol. The van der Waals surface area contributed by atoms with Gasteiger partial charge in [0.25, 0.3) is 0 Å². The maximum atomic E-state index is 10.3. The van der Waals surface area contributed by atoms with Crippen LogP contribution in [0.5, 0.6) is 5.75 Å². The SMILES string of the molecule is Cc1cc(C)n(C[C@H]2CN(C[C@@H](O)COc3ccccc3)CCO2)n1. The molecule has 1 aliphatic rings. The third-order valence-electron chi connectivity index (χ3n) is 4.36. The van der Waals surface area contributed by atoms with Gasteiger partial charge in [-0.15, -0.1) is 0 Å². The second-order valence-electron chi connectivity index (χ2n) is 6.64. The predicted octanol–water partition coefficient (Wildman–Crippen LogP) is 1.64. The molecule has 1 saturated heterocycles. The third-order valence-corrected chi connectivity index (χ3v) is 4.36. The van der Waals surface area contributed by atoms with E-state index in [-0.39, 0.29) is 6.10 Å². The van der Waals surface area contributed by atoms with E-state index in [1.54, 1.807) is 0 Å². The topological polar surface area (TPSA) is 59.8 Å². The summed E-state index contributed by atoms with van der Waals surface area (Å²) in [7, 11) is 0. The lowest BCUT2D eigenvalue weighted by atomic mass is 10.2. The molecule has 2 aromatic rings. The first-order valence-electron chi connectivity index (χ1n) is 8.81. The van der Waals surface area contributed by atoms with Gasteiger partial charge in [0.1, 0.15) is 18.5 Å². The molecule has 1 fully saturated rings. The molecule has 1 aromatic carbocycles. The fourth-order valence-electron chi connectivity index (χ4n) is 3.17. The molecule has 6 heteroatoms. The van der Waals surface area contributed by atoms with Gasteiger partial charge in [0.05, 0.1) is 24.9 Å². The van der Waals surface area contributed by atoms with Gasteiger partial charge >= 0.3 is 0 Å². The maximum absolute atomic E-state index is 10.3. The van der Waals surface area contributed by atoms with Gasteiger partial charge < -0.3 is 14.6 Å². The molecule has 0 unspecified atom stereocenters. The smallest absolute Gasteiger partial charge is 0.119 e. The van der Waals surface area contributed by atoms with Crippen LogP contribution < -0.4 is 4.74 Å². The second kappa shape index (κ2) is 8.47. The standard InChI is InChI=1S/C19H27N3O3/c1-15-10-16(2)22(20-15)13-19-12-21(8-9-24-19)11-17(23)14-25-18-6-4-3-5-7-18/h3-7,10,17,19,23H,8-9,11-14H2,1-2H3/t17-,19-/m1/s1. The van der Waals surface area contributed by atoms with E-state index in [0.717, 1.165) is 36.8 Å². The van der Waals surface area contributed by atoms with E-state index >= 15 is 0 Å². The molecule has 2 atom stereocenters. The Morgan fingerprint density at radius 3 is 2.84 bits per heavy atom. The van der Waals surface area contributed by atoms with Gasteiger partial charge in [-0.05, 0) is 32.0 Å². The maximum Gasteiger partial charge on any atom is 0.119 e. The molecule has 1 aliphatic heterocycles. The molecule has 0 saturated carbocycles. The van der Waals surface area contributed by atoms with Crippen molar-refractivity contribution in [2.75, 3.05) is 32.8 Å². The Labute approximate surface area is 149 Å². The average Bonchev–Trinajstić information content (AvgIpc) is 2.91. The number of rotatable bonds is 7. The highest BCUT2D eigenvalue weighted by Gasteiger charge is 2.23. The lowest BCUT2D eigenvalue weighted by Gasteiger charge is -2.34. The van der Waals surface area contributed by atoms with E-state index < -0.39 is 6.10 Å². The lowest BCUT2D eigenvalue weighted by molar-refractivity contribution is -0.0519. The Morgan fingerprint density at radius 2 is 2.12 bits per heavy atom. The minimum atomic E-state index is -0.521. The van der Waals surface area contributed by atoms with E-state index in [0.29, 0.717) is 19.8 Å². The van der Waals surface area contributed by atoms with Crippen LogP contribution in [0, 0.1) is 13.8 Å². The monoisotopic (exact) mass is 345 g/mol. The van der Waals surface area contributed by atoms with Crippen LogP contribution >= 0.6 is 0 Å². The van der Waals surface area contributed by atoms with Crippen LogP contribution in [-0.2, 0) is 11.3 Å². The van der Waals surface area contributed by atoms with Crippen molar-refractivity contribution in [1.29, 1.82) is 0 Å². The highest BCUT2D eigenvalue weighted by atomic mass is 16.5. The summed E-state index contributed by atoms with van der Waals surface area (Å²) in [5.74, 6) is 0.783. The number of hydrogen-bond donors (Lipinski definition) is 1. The van der Waals surface area contributed by atoms with Crippen LogP contribution in [0.4, 0.5) is 0 Å². The summed E-state index contributed by atoms with van der Waals surface area (Å²) in [6.45, 7) is 7.99. The normalized spacial score (nSPS) is 19.7. The van der Waals surface area contributed by atoms with Gasteiger partial charge in [0, 0.05) is 25.3 Å². The molecule has 0 bridgehead atoms. The van der Waals surface area contributed by atoms with Crippen LogP contribution in [0.3, 0.4) is 0 Å². The van der Waals surface area contributed by atoms with E-state index in [4.69, 9.17) is 9.47 Å². The summed E-state index contributed by atoms with van der Waals surface area (Å²) >= 11 is 0. The van der Waals surface area contributed by atoms with Gasteiger partial charge in [-0.25, -0.2) is 0 Å². The van der Waals surface area contributed by atoms with Gasteiger partial charge in [0.2, 0.25) is 0 Å². The first kappa shape index (κ1) is 17.9. The largest absolute Gasteiger partial charge is 0.491 e. The Morgan fingerprint density at radius 1 is 1.32 bits per heavy atom. The number of β-amino-alcohol motifs (C(OH)–C–C–N with tert-alkyl or cyclic N) is 1. The van der Waals surface area contributed by atoms with Gasteiger partial charge in [-0.3, -0.25) is 9.58 Å². The molecule has 3 rings (SSSR count). The number of para-hydroxylation sites is 1. The number of aromatic nitrogens is 2. The molecule has 2 heterocycles. The Bertz CT molecular complexity index is 659. The Kier molecular flexibility index (Phi) is 6.07. The van der Waals surface area contributed by atoms with Crippen molar-refractivity contribution >= 4 is 0 Å². The molecule has 0 spiro atoms. The summed E-state index contributed by atoms with van der Waals surface area (Å²) in [6, 6.07) is 11.7. The Balaban J connectivity index is 1.45. The number of aryl methyl sites for hydroxylation is 2. The molecular weight excluding hydrogens is 318 g/mol. The zero-order valence-electron chi connectivity index (χ0n) is 15.0. The highest BCUT2D eigenvalue weighted by molar-refractivity contribution is 5.20. The van der Waals surface area contributed by atoms with Crippen molar-refractivity contribution in [2.45, 2.75) is 32.6 Å². The van der Waals surface area contributed by atoms with Crippen LogP contribution in [0.2, 0.25) is 0 Å². The quantitative estimate of drug-likeness (QED) is 0.827. The number of nitrogens with zero attached hydrogens (tertiary/aromatic N) is 3. The Hall–Kier alpha value is -1.89. The zero-order chi connectivity index (χ0) is 17.6. The minimum Gasteiger partial charge on any atom is -0.491 e. The molecule has 1 aromatic heterocycles. The van der Waals surface area contributed by atoms with Gasteiger partial charge in [0.15, 0.2) is 0 Å². The van der Waals surface area contributed by atoms with Gasteiger partial charge in [-0.1, -0.05) is 18.2 Å². The molecule has 0 amide bonds. The number of hydrogen-bond acceptors (Lipinski definition) is 5. The average molecular weight is 345 g/mol. The van der Waals surface area contributed by atoms with Crippen molar-refractivity contribution in [3.05, 3.63) is 47.8 Å². The molecule has 0 radical (unpaired) electrons. The van der Waals surface area contributed by atoms with E-state index in [2.05, 4.69) is 23.0 Å². The second-order valence-corrected chi connectivity index (χ2v) is 6.64. The van der Waals surface area contributed by atoms with Crippen LogP contribution in [-0.4, -0.2) is 64.8 Å². The molecule has 6 nitrogen and oxygen atoms in total. The van der Waals surface area contributed by atoms with Crippen molar-refractivity contribution in [3.63, 3.8) is 0 Å². The van der Waals surface area contributed by atoms with Crippen molar-refractivity contribution in [1.82, 2.24) is 14.7 Å². The molecule has 1 N–H and O–H groups in total. The van der Waals surface area contributed by atoms with Crippen molar-refractivity contribution in [3.8, 4) is 5.75 Å². The van der Waals surface area contributed by atoms with E-state index in [1.165, 1.54) is 0 Å². The minimum absolute atomic E-state index is 0.0917. The fraction of sp³-hybridized carbons (Fsp3) is 0.526. The number of ether oxygens (including phenoxy) is 2. The van der Waals surface area contributed by atoms with E-state index in [9.17, 15) is 5.11 Å². The molecule has 0 aliphatic carbocycles. The molecular formula is C19H27N3O3. The van der Waals surface area contributed by atoms with Gasteiger partial charge in [-0.2, -0.15) is 5.10 Å². The third kappa shape index (κ3) is 5.29. The first-order chi connectivity index (χ1) is 12.1. The van der Waals surface area contributed by atoms with Crippen molar-refractivity contribution < 1.29 is 14.6 Å². The number of benzene rings is 1. The van der Waals surface area contributed by atoms with Crippen LogP contribution in [0.1, 0.15) is 11.4 Å². The summed E-state index contributed by atoms with van der Waals surface area (Å²) in [5.41, 5.74) is 2.17. The number of morpholine rings is 1. The summed E-state index contributed by atoms with van der Waals surface area (Å²) < 4.78 is 13.5.